The van der Waals surface area contributed by atoms with E-state index < -0.39 is 0 Å². The maximum atomic E-state index is 11.6. The van der Waals surface area contributed by atoms with Crippen LogP contribution in [0.1, 0.15) is 5.56 Å². The van der Waals surface area contributed by atoms with Gasteiger partial charge < -0.3 is 10.6 Å². The standard InChI is InChI=1S/C13H14N2OS/c1-10-3-2-4-11(7-10)15-13(16)8-14-12-5-6-17-9-12/h2-7,9,14H,8H2,1H3,(H,15,16). The molecule has 2 N–H and O–H groups in total. The van der Waals surface area contributed by atoms with Crippen molar-refractivity contribution in [2.75, 3.05) is 17.2 Å². The van der Waals surface area contributed by atoms with Gasteiger partial charge in [-0.1, -0.05) is 12.1 Å². The summed E-state index contributed by atoms with van der Waals surface area (Å²) in [5.74, 6) is -0.0400. The summed E-state index contributed by atoms with van der Waals surface area (Å²) >= 11 is 1.60. The number of nitrogens with one attached hydrogen (secondary N) is 2. The Morgan fingerprint density at radius 3 is 2.88 bits per heavy atom. The maximum absolute atomic E-state index is 11.6. The van der Waals surface area contributed by atoms with Crippen LogP contribution in [0.4, 0.5) is 11.4 Å². The maximum Gasteiger partial charge on any atom is 0.243 e. The van der Waals surface area contributed by atoms with Crippen LogP contribution in [0, 0.1) is 6.92 Å². The molecule has 0 saturated heterocycles. The molecule has 4 heteroatoms. The second-order valence-electron chi connectivity index (χ2n) is 3.78. The highest BCUT2D eigenvalue weighted by atomic mass is 32.1. The molecule has 0 aliphatic rings. The third-order valence-electron chi connectivity index (χ3n) is 2.28. The van der Waals surface area contributed by atoms with Gasteiger partial charge in [-0.3, -0.25) is 4.79 Å². The third-order valence-corrected chi connectivity index (χ3v) is 2.96. The van der Waals surface area contributed by atoms with Gasteiger partial charge in [0.25, 0.3) is 0 Å². The molecule has 0 bridgehead atoms. The molecule has 0 atom stereocenters. The number of anilines is 2. The molecule has 17 heavy (non-hydrogen) atoms. The summed E-state index contributed by atoms with van der Waals surface area (Å²) in [6.45, 7) is 2.28. The normalized spacial score (nSPS) is 9.94. The molecule has 0 aliphatic carbocycles. The average Bonchev–Trinajstić information content (AvgIpc) is 2.79. The molecule has 0 radical (unpaired) electrons. The highest BCUT2D eigenvalue weighted by molar-refractivity contribution is 7.08. The van der Waals surface area contributed by atoms with Crippen LogP contribution < -0.4 is 10.6 Å². The predicted octanol–water partition coefficient (Wildman–Crippen LogP) is 3.11. The fourth-order valence-corrected chi connectivity index (χ4v) is 2.09. The van der Waals surface area contributed by atoms with Gasteiger partial charge in [0, 0.05) is 16.8 Å². The zero-order valence-electron chi connectivity index (χ0n) is 9.57. The molecule has 1 aromatic carbocycles. The lowest BCUT2D eigenvalue weighted by atomic mass is 10.2. The van der Waals surface area contributed by atoms with Crippen LogP contribution in [-0.2, 0) is 4.79 Å². The molecule has 3 nitrogen and oxygen atoms in total. The number of amides is 1. The molecule has 0 fully saturated rings. The van der Waals surface area contributed by atoms with Crippen molar-refractivity contribution in [1.29, 1.82) is 0 Å². The second-order valence-corrected chi connectivity index (χ2v) is 4.56. The Kier molecular flexibility index (Phi) is 3.77. The summed E-state index contributed by atoms with van der Waals surface area (Å²) in [5.41, 5.74) is 2.95. The smallest absolute Gasteiger partial charge is 0.243 e. The Morgan fingerprint density at radius 1 is 1.29 bits per heavy atom. The quantitative estimate of drug-likeness (QED) is 0.870. The molecule has 0 aliphatic heterocycles. The van der Waals surface area contributed by atoms with Crippen molar-refractivity contribution >= 4 is 28.6 Å². The number of rotatable bonds is 4. The van der Waals surface area contributed by atoms with Crippen molar-refractivity contribution in [2.45, 2.75) is 6.92 Å². The summed E-state index contributed by atoms with van der Waals surface area (Å²) in [5, 5.41) is 9.85. The Balaban J connectivity index is 1.85. The van der Waals surface area contributed by atoms with E-state index in [1.54, 1.807) is 11.3 Å². The van der Waals surface area contributed by atoms with Crippen molar-refractivity contribution in [2.24, 2.45) is 0 Å². The van der Waals surface area contributed by atoms with Crippen LogP contribution >= 0.6 is 11.3 Å². The van der Waals surface area contributed by atoms with Crippen LogP contribution in [0.15, 0.2) is 41.1 Å². The van der Waals surface area contributed by atoms with Crippen LogP contribution in [0.5, 0.6) is 0 Å². The van der Waals surface area contributed by atoms with Crippen LogP contribution in [0.2, 0.25) is 0 Å². The molecule has 2 rings (SSSR count). The summed E-state index contributed by atoms with van der Waals surface area (Å²) in [7, 11) is 0. The van der Waals surface area contributed by atoms with Crippen LogP contribution in [0.25, 0.3) is 0 Å². The van der Waals surface area contributed by atoms with Crippen molar-refractivity contribution in [3.8, 4) is 0 Å². The third kappa shape index (κ3) is 3.60. The topological polar surface area (TPSA) is 41.1 Å². The van der Waals surface area contributed by atoms with E-state index in [9.17, 15) is 4.79 Å². The zero-order valence-corrected chi connectivity index (χ0v) is 10.4. The van der Waals surface area contributed by atoms with E-state index in [4.69, 9.17) is 0 Å². The Morgan fingerprint density at radius 2 is 2.18 bits per heavy atom. The van der Waals surface area contributed by atoms with Crippen molar-refractivity contribution in [1.82, 2.24) is 0 Å². The first-order valence-corrected chi connectivity index (χ1v) is 6.31. The Labute approximate surface area is 104 Å². The van der Waals surface area contributed by atoms with Gasteiger partial charge in [0.15, 0.2) is 0 Å². The highest BCUT2D eigenvalue weighted by Crippen LogP contribution is 2.12. The highest BCUT2D eigenvalue weighted by Gasteiger charge is 2.02. The first kappa shape index (κ1) is 11.7. The van der Waals surface area contributed by atoms with E-state index in [2.05, 4.69) is 10.6 Å². The summed E-state index contributed by atoms with van der Waals surface area (Å²) in [6, 6.07) is 9.71. The van der Waals surface area contributed by atoms with Gasteiger partial charge in [-0.2, -0.15) is 11.3 Å². The van der Waals surface area contributed by atoms with Gasteiger partial charge in [0.2, 0.25) is 5.91 Å². The predicted molar refractivity (Wildman–Crippen MR) is 72.6 cm³/mol. The van der Waals surface area contributed by atoms with E-state index in [1.165, 1.54) is 0 Å². The lowest BCUT2D eigenvalue weighted by Gasteiger charge is -2.06. The van der Waals surface area contributed by atoms with E-state index in [0.29, 0.717) is 0 Å². The van der Waals surface area contributed by atoms with Gasteiger partial charge in [-0.15, -0.1) is 0 Å². The number of carbonyl (C=O) groups is 1. The first-order valence-electron chi connectivity index (χ1n) is 5.36. The van der Waals surface area contributed by atoms with Crippen LogP contribution in [0.3, 0.4) is 0 Å². The lowest BCUT2D eigenvalue weighted by Crippen LogP contribution is -2.21. The molecule has 1 aromatic heterocycles. The molecule has 0 spiro atoms. The minimum Gasteiger partial charge on any atom is -0.375 e. The summed E-state index contributed by atoms with van der Waals surface area (Å²) in [6.07, 6.45) is 0. The molecular formula is C13H14N2OS. The number of hydrogen-bond donors (Lipinski definition) is 2. The van der Waals surface area contributed by atoms with E-state index >= 15 is 0 Å². The Bertz CT molecular complexity index is 494. The minimum atomic E-state index is -0.0400. The van der Waals surface area contributed by atoms with Gasteiger partial charge in [-0.05, 0) is 36.1 Å². The van der Waals surface area contributed by atoms with Crippen LogP contribution in [-0.4, -0.2) is 12.5 Å². The average molecular weight is 246 g/mol. The fourth-order valence-electron chi connectivity index (χ4n) is 1.48. The molecule has 1 amide bonds. The van der Waals surface area contributed by atoms with Crippen molar-refractivity contribution in [3.05, 3.63) is 46.7 Å². The van der Waals surface area contributed by atoms with E-state index in [-0.39, 0.29) is 12.5 Å². The van der Waals surface area contributed by atoms with Gasteiger partial charge in [0.05, 0.1) is 6.54 Å². The fraction of sp³-hybridized carbons (Fsp3) is 0.154. The van der Waals surface area contributed by atoms with Crippen molar-refractivity contribution < 1.29 is 4.79 Å². The summed E-state index contributed by atoms with van der Waals surface area (Å²) in [4.78, 5) is 11.6. The van der Waals surface area contributed by atoms with Crippen molar-refractivity contribution in [3.63, 3.8) is 0 Å². The molecule has 88 valence electrons. The summed E-state index contributed by atoms with van der Waals surface area (Å²) < 4.78 is 0. The molecular weight excluding hydrogens is 232 g/mol. The SMILES string of the molecule is Cc1cccc(NC(=O)CNc2ccsc2)c1. The molecule has 0 saturated carbocycles. The lowest BCUT2D eigenvalue weighted by molar-refractivity contribution is -0.114. The Hall–Kier alpha value is -1.81. The first-order chi connectivity index (χ1) is 8.24. The zero-order chi connectivity index (χ0) is 12.1. The van der Waals surface area contributed by atoms with Gasteiger partial charge in [0.1, 0.15) is 0 Å². The number of benzene rings is 1. The molecule has 0 unspecified atom stereocenters. The largest absolute Gasteiger partial charge is 0.375 e. The monoisotopic (exact) mass is 246 g/mol. The second kappa shape index (κ2) is 5.50. The minimum absolute atomic E-state index is 0.0400. The molecule has 1 heterocycles. The number of thiophene rings is 1. The van der Waals surface area contributed by atoms with E-state index in [0.717, 1.165) is 16.9 Å². The number of hydrogen-bond acceptors (Lipinski definition) is 3. The molecule has 2 aromatic rings. The van der Waals surface area contributed by atoms with E-state index in [1.807, 2.05) is 48.0 Å². The van der Waals surface area contributed by atoms with Gasteiger partial charge >= 0.3 is 0 Å². The number of aryl methyl sites for hydroxylation is 1. The van der Waals surface area contributed by atoms with Gasteiger partial charge in [-0.25, -0.2) is 0 Å². The number of carbonyl (C=O) groups excluding carboxylic acids is 1.